The van der Waals surface area contributed by atoms with Crippen LogP contribution in [-0.4, -0.2) is 5.91 Å². The van der Waals surface area contributed by atoms with E-state index in [0.717, 1.165) is 16.7 Å². The molecule has 0 fully saturated rings. The zero-order valence-corrected chi connectivity index (χ0v) is 11.3. The minimum atomic E-state index is -0.427. The van der Waals surface area contributed by atoms with Gasteiger partial charge in [-0.2, -0.15) is 0 Å². The number of benzene rings is 2. The number of amides is 1. The van der Waals surface area contributed by atoms with E-state index >= 15 is 0 Å². The summed E-state index contributed by atoms with van der Waals surface area (Å²) in [5.41, 5.74) is 3.56. The zero-order chi connectivity index (χ0) is 14.0. The fourth-order valence-corrected chi connectivity index (χ4v) is 1.91. The highest BCUT2D eigenvalue weighted by atomic mass is 19.1. The molecule has 1 amide bonds. The van der Waals surface area contributed by atoms with Crippen molar-refractivity contribution in [1.29, 1.82) is 0 Å². The summed E-state index contributed by atoms with van der Waals surface area (Å²) in [6.45, 7) is 5.64. The molecule has 0 atom stereocenters. The second kappa shape index (κ2) is 5.22. The Morgan fingerprint density at radius 2 is 1.63 bits per heavy atom. The third-order valence-corrected chi connectivity index (χ3v) is 3.01. The summed E-state index contributed by atoms with van der Waals surface area (Å²) in [5.74, 6) is -0.713. The number of carbonyl (C=O) groups is 1. The van der Waals surface area contributed by atoms with Crippen molar-refractivity contribution in [2.45, 2.75) is 20.8 Å². The third-order valence-electron chi connectivity index (χ3n) is 3.01. The van der Waals surface area contributed by atoms with Crippen LogP contribution in [0.2, 0.25) is 0 Å². The standard InChI is InChI=1S/C16H16FNO/c1-10-4-6-12(3)13(8-10)16(19)18-15-9-11(2)5-7-14(15)17/h4-9H,1-3H3,(H,18,19). The van der Waals surface area contributed by atoms with E-state index in [1.54, 1.807) is 18.2 Å². The average Bonchev–Trinajstić information content (AvgIpc) is 2.36. The highest BCUT2D eigenvalue weighted by Crippen LogP contribution is 2.18. The minimum absolute atomic E-state index is 0.214. The van der Waals surface area contributed by atoms with Gasteiger partial charge in [0.2, 0.25) is 0 Å². The maximum Gasteiger partial charge on any atom is 0.256 e. The largest absolute Gasteiger partial charge is 0.319 e. The molecular formula is C16H16FNO. The fraction of sp³-hybridized carbons (Fsp3) is 0.188. The molecule has 3 heteroatoms. The number of aryl methyl sites for hydroxylation is 3. The Morgan fingerprint density at radius 1 is 1.00 bits per heavy atom. The van der Waals surface area contributed by atoms with E-state index < -0.39 is 5.82 Å². The van der Waals surface area contributed by atoms with E-state index in [1.165, 1.54) is 6.07 Å². The van der Waals surface area contributed by atoms with Crippen LogP contribution in [0.15, 0.2) is 36.4 Å². The SMILES string of the molecule is Cc1ccc(F)c(NC(=O)c2cc(C)ccc2C)c1. The molecule has 2 rings (SSSR count). The van der Waals surface area contributed by atoms with Crippen LogP contribution in [0.4, 0.5) is 10.1 Å². The Bertz CT molecular complexity index is 635. The summed E-state index contributed by atoms with van der Waals surface area (Å²) in [6.07, 6.45) is 0. The molecule has 2 aromatic carbocycles. The van der Waals surface area contributed by atoms with Crippen LogP contribution < -0.4 is 5.32 Å². The van der Waals surface area contributed by atoms with Crippen LogP contribution in [0.5, 0.6) is 0 Å². The number of hydrogen-bond acceptors (Lipinski definition) is 1. The first kappa shape index (κ1) is 13.3. The molecule has 0 unspecified atom stereocenters. The molecule has 0 spiro atoms. The van der Waals surface area contributed by atoms with Gasteiger partial charge in [0.05, 0.1) is 5.69 Å². The van der Waals surface area contributed by atoms with E-state index in [0.29, 0.717) is 5.56 Å². The van der Waals surface area contributed by atoms with Crippen LogP contribution in [0.25, 0.3) is 0 Å². The quantitative estimate of drug-likeness (QED) is 0.865. The summed E-state index contributed by atoms with van der Waals surface area (Å²) in [6, 6.07) is 10.3. The van der Waals surface area contributed by atoms with Crippen LogP contribution in [-0.2, 0) is 0 Å². The lowest BCUT2D eigenvalue weighted by Gasteiger charge is -2.10. The average molecular weight is 257 g/mol. The normalized spacial score (nSPS) is 10.3. The Hall–Kier alpha value is -2.16. The highest BCUT2D eigenvalue weighted by molar-refractivity contribution is 6.05. The molecule has 0 radical (unpaired) electrons. The molecular weight excluding hydrogens is 241 g/mol. The van der Waals surface area contributed by atoms with Gasteiger partial charge in [-0.1, -0.05) is 23.8 Å². The first-order chi connectivity index (χ1) is 8.97. The zero-order valence-electron chi connectivity index (χ0n) is 11.3. The second-order valence-corrected chi connectivity index (χ2v) is 4.76. The Labute approximate surface area is 112 Å². The summed E-state index contributed by atoms with van der Waals surface area (Å²) < 4.78 is 13.6. The van der Waals surface area contributed by atoms with Crippen molar-refractivity contribution in [3.05, 3.63) is 64.5 Å². The smallest absolute Gasteiger partial charge is 0.256 e. The summed E-state index contributed by atoms with van der Waals surface area (Å²) in [4.78, 5) is 12.2. The molecule has 0 saturated carbocycles. The summed E-state index contributed by atoms with van der Waals surface area (Å²) >= 11 is 0. The van der Waals surface area contributed by atoms with Crippen molar-refractivity contribution in [1.82, 2.24) is 0 Å². The van der Waals surface area contributed by atoms with Crippen molar-refractivity contribution in [2.75, 3.05) is 5.32 Å². The first-order valence-corrected chi connectivity index (χ1v) is 6.12. The van der Waals surface area contributed by atoms with E-state index in [-0.39, 0.29) is 11.6 Å². The lowest BCUT2D eigenvalue weighted by Crippen LogP contribution is -2.14. The van der Waals surface area contributed by atoms with Gasteiger partial charge in [-0.05, 0) is 50.1 Å². The minimum Gasteiger partial charge on any atom is -0.319 e. The number of nitrogens with one attached hydrogen (secondary N) is 1. The van der Waals surface area contributed by atoms with Crippen LogP contribution in [0.1, 0.15) is 27.0 Å². The molecule has 2 aromatic rings. The summed E-state index contributed by atoms with van der Waals surface area (Å²) in [5, 5.41) is 2.62. The van der Waals surface area contributed by atoms with Crippen molar-refractivity contribution < 1.29 is 9.18 Å². The predicted molar refractivity (Wildman–Crippen MR) is 75.0 cm³/mol. The molecule has 0 aliphatic heterocycles. The van der Waals surface area contributed by atoms with E-state index in [9.17, 15) is 9.18 Å². The van der Waals surface area contributed by atoms with Crippen molar-refractivity contribution in [2.24, 2.45) is 0 Å². The number of rotatable bonds is 2. The number of carbonyl (C=O) groups excluding carboxylic acids is 1. The highest BCUT2D eigenvalue weighted by Gasteiger charge is 2.11. The lowest BCUT2D eigenvalue weighted by molar-refractivity contribution is 0.102. The van der Waals surface area contributed by atoms with Gasteiger partial charge in [0.25, 0.3) is 5.91 Å². The van der Waals surface area contributed by atoms with E-state index in [4.69, 9.17) is 0 Å². The molecule has 0 aliphatic rings. The monoisotopic (exact) mass is 257 g/mol. The molecule has 0 aliphatic carbocycles. The lowest BCUT2D eigenvalue weighted by atomic mass is 10.0. The van der Waals surface area contributed by atoms with E-state index in [2.05, 4.69) is 5.32 Å². The molecule has 0 bridgehead atoms. The molecule has 0 aromatic heterocycles. The molecule has 19 heavy (non-hydrogen) atoms. The van der Waals surface area contributed by atoms with Gasteiger partial charge >= 0.3 is 0 Å². The van der Waals surface area contributed by atoms with Gasteiger partial charge in [-0.3, -0.25) is 4.79 Å². The van der Waals surface area contributed by atoms with Crippen LogP contribution >= 0.6 is 0 Å². The number of anilines is 1. The topological polar surface area (TPSA) is 29.1 Å². The first-order valence-electron chi connectivity index (χ1n) is 6.12. The second-order valence-electron chi connectivity index (χ2n) is 4.76. The third kappa shape index (κ3) is 2.99. The Balaban J connectivity index is 2.30. The van der Waals surface area contributed by atoms with Gasteiger partial charge in [0.1, 0.15) is 5.82 Å². The van der Waals surface area contributed by atoms with Crippen LogP contribution in [0, 0.1) is 26.6 Å². The van der Waals surface area contributed by atoms with E-state index in [1.807, 2.05) is 32.9 Å². The van der Waals surface area contributed by atoms with Gasteiger partial charge < -0.3 is 5.32 Å². The number of hydrogen-bond donors (Lipinski definition) is 1. The fourth-order valence-electron chi connectivity index (χ4n) is 1.91. The number of halogens is 1. The molecule has 0 saturated heterocycles. The molecule has 1 N–H and O–H groups in total. The predicted octanol–water partition coefficient (Wildman–Crippen LogP) is 4.00. The molecule has 2 nitrogen and oxygen atoms in total. The summed E-state index contributed by atoms with van der Waals surface area (Å²) in [7, 11) is 0. The van der Waals surface area contributed by atoms with Crippen molar-refractivity contribution in [3.8, 4) is 0 Å². The Kier molecular flexibility index (Phi) is 3.65. The van der Waals surface area contributed by atoms with Gasteiger partial charge in [0.15, 0.2) is 0 Å². The maximum atomic E-state index is 13.6. The van der Waals surface area contributed by atoms with Crippen LogP contribution in [0.3, 0.4) is 0 Å². The van der Waals surface area contributed by atoms with Crippen molar-refractivity contribution >= 4 is 11.6 Å². The van der Waals surface area contributed by atoms with Gasteiger partial charge in [-0.15, -0.1) is 0 Å². The Morgan fingerprint density at radius 3 is 2.37 bits per heavy atom. The molecule has 98 valence electrons. The van der Waals surface area contributed by atoms with Gasteiger partial charge in [-0.25, -0.2) is 4.39 Å². The molecule has 0 heterocycles. The van der Waals surface area contributed by atoms with Gasteiger partial charge in [0, 0.05) is 5.56 Å². The van der Waals surface area contributed by atoms with Crippen molar-refractivity contribution in [3.63, 3.8) is 0 Å². The maximum absolute atomic E-state index is 13.6.